The highest BCUT2D eigenvalue weighted by Crippen LogP contribution is 2.39. The third-order valence-corrected chi connectivity index (χ3v) is 3.69. The van der Waals surface area contributed by atoms with Crippen molar-refractivity contribution in [2.24, 2.45) is 0 Å². The average Bonchev–Trinajstić information content (AvgIpc) is 2.86. The van der Waals surface area contributed by atoms with E-state index in [1.54, 1.807) is 0 Å². The summed E-state index contributed by atoms with van der Waals surface area (Å²) in [7, 11) is 0. The van der Waals surface area contributed by atoms with E-state index in [9.17, 15) is 31.4 Å². The third-order valence-electron chi connectivity index (χ3n) is 2.60. The van der Waals surface area contributed by atoms with Crippen LogP contribution in [-0.2, 0) is 12.4 Å². The number of hydrogen-bond donors (Lipinski definition) is 1. The molecule has 0 radical (unpaired) electrons. The maximum absolute atomic E-state index is 12.8. The molecule has 2 aromatic rings. The van der Waals surface area contributed by atoms with Crippen molar-refractivity contribution < 1.29 is 31.4 Å². The van der Waals surface area contributed by atoms with Gasteiger partial charge < -0.3 is 5.11 Å². The number of benzene rings is 1. The lowest BCUT2D eigenvalue weighted by molar-refractivity contribution is -0.139. The van der Waals surface area contributed by atoms with Gasteiger partial charge in [-0.2, -0.15) is 26.3 Å². The molecule has 1 unspecified atom stereocenters. The van der Waals surface area contributed by atoms with Crippen LogP contribution < -0.4 is 0 Å². The molecule has 1 atom stereocenters. The minimum absolute atomic E-state index is 0.109. The number of thiazole rings is 1. The first-order valence-corrected chi connectivity index (χ1v) is 6.29. The van der Waals surface area contributed by atoms with Crippen LogP contribution in [-0.4, -0.2) is 10.1 Å². The first kappa shape index (κ1) is 15.8. The van der Waals surface area contributed by atoms with Crippen LogP contribution in [0.25, 0.3) is 0 Å². The number of nitrogens with zero attached hydrogens (tertiary/aromatic N) is 1. The molecule has 21 heavy (non-hydrogen) atoms. The van der Waals surface area contributed by atoms with E-state index in [0.29, 0.717) is 0 Å². The number of alkyl halides is 6. The van der Waals surface area contributed by atoms with Crippen molar-refractivity contribution in [2.45, 2.75) is 18.5 Å². The zero-order chi connectivity index (χ0) is 15.8. The zero-order valence-electron chi connectivity index (χ0n) is 10.0. The second-order valence-electron chi connectivity index (χ2n) is 4.05. The molecule has 0 aliphatic carbocycles. The summed E-state index contributed by atoms with van der Waals surface area (Å²) in [5.74, 6) is 0. The molecule has 0 spiro atoms. The number of aliphatic hydroxyl groups excluding tert-OH is 1. The molecule has 0 bridgehead atoms. The van der Waals surface area contributed by atoms with Gasteiger partial charge in [-0.05, 0) is 11.6 Å². The molecule has 0 aliphatic heterocycles. The Kier molecular flexibility index (Phi) is 3.98. The Bertz CT molecular complexity index is 633. The highest BCUT2D eigenvalue weighted by Gasteiger charge is 2.37. The van der Waals surface area contributed by atoms with E-state index in [2.05, 4.69) is 4.98 Å². The summed E-state index contributed by atoms with van der Waals surface area (Å²) in [5.41, 5.74) is -1.61. The standard InChI is InChI=1S/C12H7F6NOS/c13-11(14,15)7-4-2-1-3-6(7)9(20)8-5-19-10(21-8)12(16,17)18/h1-5,9,20H. The Hall–Kier alpha value is -1.61. The third kappa shape index (κ3) is 3.35. The Morgan fingerprint density at radius 2 is 1.62 bits per heavy atom. The predicted octanol–water partition coefficient (Wildman–Crippen LogP) is 4.26. The lowest BCUT2D eigenvalue weighted by Crippen LogP contribution is -2.12. The van der Waals surface area contributed by atoms with Crippen LogP contribution in [0.5, 0.6) is 0 Å². The maximum atomic E-state index is 12.8. The fourth-order valence-corrected chi connectivity index (χ4v) is 2.48. The molecule has 0 aliphatic rings. The monoisotopic (exact) mass is 327 g/mol. The van der Waals surface area contributed by atoms with Gasteiger partial charge in [-0.1, -0.05) is 18.2 Å². The molecule has 1 N–H and O–H groups in total. The molecule has 0 saturated heterocycles. The van der Waals surface area contributed by atoms with Gasteiger partial charge in [-0.3, -0.25) is 0 Å². The topological polar surface area (TPSA) is 33.1 Å². The Morgan fingerprint density at radius 1 is 1.00 bits per heavy atom. The number of aliphatic hydroxyl groups is 1. The maximum Gasteiger partial charge on any atom is 0.443 e. The molecule has 2 nitrogen and oxygen atoms in total. The quantitative estimate of drug-likeness (QED) is 0.836. The van der Waals surface area contributed by atoms with Gasteiger partial charge in [0.2, 0.25) is 0 Å². The van der Waals surface area contributed by atoms with E-state index in [1.165, 1.54) is 6.07 Å². The minimum Gasteiger partial charge on any atom is -0.383 e. The van der Waals surface area contributed by atoms with E-state index in [1.807, 2.05) is 0 Å². The number of hydrogen-bond acceptors (Lipinski definition) is 3. The van der Waals surface area contributed by atoms with Crippen molar-refractivity contribution in [3.8, 4) is 0 Å². The minimum atomic E-state index is -4.71. The van der Waals surface area contributed by atoms with Gasteiger partial charge in [0.15, 0.2) is 5.01 Å². The van der Waals surface area contributed by atoms with E-state index in [-0.39, 0.29) is 16.2 Å². The smallest absolute Gasteiger partial charge is 0.383 e. The molecular formula is C12H7F6NOS. The number of halogens is 6. The SMILES string of the molecule is OC(c1cnc(C(F)(F)F)s1)c1ccccc1C(F)(F)F. The van der Waals surface area contributed by atoms with Crippen LogP contribution in [0, 0.1) is 0 Å². The zero-order valence-corrected chi connectivity index (χ0v) is 10.9. The largest absolute Gasteiger partial charge is 0.443 e. The van der Waals surface area contributed by atoms with Crippen LogP contribution in [0.15, 0.2) is 30.5 Å². The van der Waals surface area contributed by atoms with Crippen molar-refractivity contribution in [3.05, 3.63) is 51.5 Å². The van der Waals surface area contributed by atoms with Crippen LogP contribution in [0.1, 0.15) is 27.1 Å². The van der Waals surface area contributed by atoms with Gasteiger partial charge >= 0.3 is 12.4 Å². The van der Waals surface area contributed by atoms with E-state index in [0.717, 1.165) is 24.4 Å². The molecular weight excluding hydrogens is 320 g/mol. The second kappa shape index (κ2) is 5.30. The number of rotatable bonds is 2. The van der Waals surface area contributed by atoms with Crippen LogP contribution >= 0.6 is 11.3 Å². The van der Waals surface area contributed by atoms with Gasteiger partial charge in [-0.25, -0.2) is 4.98 Å². The Labute approximate surface area is 118 Å². The van der Waals surface area contributed by atoms with Crippen molar-refractivity contribution in [3.63, 3.8) is 0 Å². The van der Waals surface area contributed by atoms with Crippen molar-refractivity contribution in [2.75, 3.05) is 0 Å². The molecule has 9 heteroatoms. The van der Waals surface area contributed by atoms with Crippen LogP contribution in [0.3, 0.4) is 0 Å². The summed E-state index contributed by atoms with van der Waals surface area (Å²) in [5, 5.41) is 8.70. The predicted molar refractivity (Wildman–Crippen MR) is 62.6 cm³/mol. The molecule has 2 rings (SSSR count). The summed E-state index contributed by atoms with van der Waals surface area (Å²) in [6.07, 6.45) is -10.5. The van der Waals surface area contributed by atoms with Gasteiger partial charge in [0, 0.05) is 6.20 Å². The summed E-state index contributed by atoms with van der Waals surface area (Å²) < 4.78 is 75.7. The number of aromatic nitrogens is 1. The molecule has 0 saturated carbocycles. The first-order chi connectivity index (χ1) is 9.60. The molecule has 1 aromatic carbocycles. The first-order valence-electron chi connectivity index (χ1n) is 5.48. The summed E-state index contributed by atoms with van der Waals surface area (Å²) in [4.78, 5) is 2.77. The van der Waals surface area contributed by atoms with Gasteiger partial charge in [-0.15, -0.1) is 11.3 Å². The Morgan fingerprint density at radius 3 is 2.14 bits per heavy atom. The molecule has 1 aromatic heterocycles. The van der Waals surface area contributed by atoms with Crippen molar-refractivity contribution in [1.82, 2.24) is 4.98 Å². The summed E-state index contributed by atoms with van der Waals surface area (Å²) in [6.45, 7) is 0. The van der Waals surface area contributed by atoms with Crippen LogP contribution in [0.2, 0.25) is 0 Å². The molecule has 0 fully saturated rings. The van der Waals surface area contributed by atoms with E-state index in [4.69, 9.17) is 0 Å². The molecule has 0 amide bonds. The summed E-state index contributed by atoms with van der Waals surface area (Å²) in [6, 6.07) is 4.16. The molecule has 1 heterocycles. The van der Waals surface area contributed by atoms with Gasteiger partial charge in [0.05, 0.1) is 10.4 Å². The lowest BCUT2D eigenvalue weighted by Gasteiger charge is -2.16. The highest BCUT2D eigenvalue weighted by atomic mass is 32.1. The normalized spacial score (nSPS) is 14.2. The average molecular weight is 327 g/mol. The van der Waals surface area contributed by atoms with Crippen molar-refractivity contribution in [1.29, 1.82) is 0 Å². The second-order valence-corrected chi connectivity index (χ2v) is 5.12. The van der Waals surface area contributed by atoms with E-state index >= 15 is 0 Å². The van der Waals surface area contributed by atoms with Gasteiger partial charge in [0.1, 0.15) is 6.10 Å². The lowest BCUT2D eigenvalue weighted by atomic mass is 10.0. The van der Waals surface area contributed by atoms with E-state index < -0.39 is 34.6 Å². The summed E-state index contributed by atoms with van der Waals surface area (Å²) >= 11 is 0.109. The molecule has 114 valence electrons. The van der Waals surface area contributed by atoms with Crippen LogP contribution in [0.4, 0.5) is 26.3 Å². The highest BCUT2D eigenvalue weighted by molar-refractivity contribution is 7.11. The fraction of sp³-hybridized carbons (Fsp3) is 0.250. The Balaban J connectivity index is 2.42. The van der Waals surface area contributed by atoms with Gasteiger partial charge in [0.25, 0.3) is 0 Å². The fourth-order valence-electron chi connectivity index (χ4n) is 1.69. The van der Waals surface area contributed by atoms with Crippen molar-refractivity contribution >= 4 is 11.3 Å².